The molecule has 1 aromatic heterocycles. The third-order valence-electron chi connectivity index (χ3n) is 4.94. The zero-order chi connectivity index (χ0) is 26.1. The Hall–Kier alpha value is -3.83. The van der Waals surface area contributed by atoms with Crippen molar-refractivity contribution in [1.82, 2.24) is 14.7 Å². The van der Waals surface area contributed by atoms with Crippen molar-refractivity contribution in [3.05, 3.63) is 54.7 Å². The fourth-order valence-electron chi connectivity index (χ4n) is 3.18. The molecule has 1 amide bonds. The summed E-state index contributed by atoms with van der Waals surface area (Å²) in [4.78, 5) is 21.0. The summed E-state index contributed by atoms with van der Waals surface area (Å²) in [6, 6.07) is 13.9. The number of hydrogen-bond donors (Lipinski definition) is 4. The van der Waals surface area contributed by atoms with Gasteiger partial charge in [-0.3, -0.25) is 0 Å². The van der Waals surface area contributed by atoms with Crippen LogP contribution in [0.5, 0.6) is 5.75 Å². The molecule has 2 atom stereocenters. The van der Waals surface area contributed by atoms with Gasteiger partial charge in [0, 0.05) is 28.4 Å². The molecule has 0 saturated carbocycles. The monoisotopic (exact) mass is 513 g/mol. The first kappa shape index (κ1) is 26.8. The molecule has 0 aliphatic carbocycles. The average Bonchev–Trinajstić information content (AvgIpc) is 2.85. The number of nitrogens with zero attached hydrogens (tertiary/aromatic N) is 2. The molecule has 36 heavy (non-hydrogen) atoms. The molecule has 3 rings (SSSR count). The maximum Gasteiger partial charge on any atom is 0.418 e. The highest BCUT2D eigenvalue weighted by Gasteiger charge is 2.14. The van der Waals surface area contributed by atoms with Gasteiger partial charge in [-0.05, 0) is 68.6 Å². The number of hydrogen-bond acceptors (Lipinski definition) is 9. The summed E-state index contributed by atoms with van der Waals surface area (Å²) >= 11 is 0. The smallest absolute Gasteiger partial charge is 0.418 e. The Morgan fingerprint density at radius 1 is 1.11 bits per heavy atom. The van der Waals surface area contributed by atoms with E-state index >= 15 is 0 Å². The SMILES string of the molecule is C=S(=O)(NC(=O)OCC)c1ccc(Nc2ncc(-c3ccc(OCC)cc3)c(N[C@H](C)CO)n2)cc1. The lowest BCUT2D eigenvalue weighted by molar-refractivity contribution is 0.159. The first-order chi connectivity index (χ1) is 17.2. The Labute approximate surface area is 211 Å². The lowest BCUT2D eigenvalue weighted by atomic mass is 10.1. The molecule has 0 aliphatic rings. The predicted molar refractivity (Wildman–Crippen MR) is 142 cm³/mol. The van der Waals surface area contributed by atoms with E-state index in [2.05, 4.69) is 31.2 Å². The Bertz CT molecular complexity index is 1270. The molecule has 0 radical (unpaired) electrons. The van der Waals surface area contributed by atoms with Crippen LogP contribution in [0.2, 0.25) is 0 Å². The van der Waals surface area contributed by atoms with Crippen LogP contribution in [0, 0.1) is 0 Å². The minimum Gasteiger partial charge on any atom is -0.494 e. The van der Waals surface area contributed by atoms with E-state index in [9.17, 15) is 14.1 Å². The summed E-state index contributed by atoms with van der Waals surface area (Å²) in [5.74, 6) is 5.26. The summed E-state index contributed by atoms with van der Waals surface area (Å²) in [6.45, 7) is 6.10. The Balaban J connectivity index is 1.82. The van der Waals surface area contributed by atoms with Crippen LogP contribution in [0.25, 0.3) is 11.1 Å². The highest BCUT2D eigenvalue weighted by molar-refractivity contribution is 7.99. The number of carbonyl (C=O) groups excluding carboxylic acids is 1. The van der Waals surface area contributed by atoms with Gasteiger partial charge in [0.05, 0.1) is 29.5 Å². The second-order valence-corrected chi connectivity index (χ2v) is 9.81. The quantitative estimate of drug-likeness (QED) is 0.282. The van der Waals surface area contributed by atoms with Crippen molar-refractivity contribution in [1.29, 1.82) is 0 Å². The topological polar surface area (TPSA) is 135 Å². The summed E-state index contributed by atoms with van der Waals surface area (Å²) in [5, 5.41) is 15.9. The average molecular weight is 514 g/mol. The van der Waals surface area contributed by atoms with Gasteiger partial charge in [0.2, 0.25) is 5.95 Å². The number of aliphatic hydroxyl groups is 1. The van der Waals surface area contributed by atoms with Gasteiger partial charge in [-0.25, -0.2) is 18.7 Å². The minimum atomic E-state index is -3.06. The molecule has 0 spiro atoms. The van der Waals surface area contributed by atoms with Gasteiger partial charge in [-0.2, -0.15) is 4.98 Å². The largest absolute Gasteiger partial charge is 0.494 e. The molecule has 0 bridgehead atoms. The molecule has 10 nitrogen and oxygen atoms in total. The third kappa shape index (κ3) is 7.09. The fourth-order valence-corrected chi connectivity index (χ4v) is 4.20. The van der Waals surface area contributed by atoms with E-state index in [0.29, 0.717) is 29.0 Å². The third-order valence-corrected chi connectivity index (χ3v) is 6.47. The lowest BCUT2D eigenvalue weighted by Crippen LogP contribution is -2.30. The van der Waals surface area contributed by atoms with E-state index in [4.69, 9.17) is 9.47 Å². The van der Waals surface area contributed by atoms with Gasteiger partial charge >= 0.3 is 6.09 Å². The Morgan fingerprint density at radius 3 is 2.42 bits per heavy atom. The predicted octanol–water partition coefficient (Wildman–Crippen LogP) is 3.82. The summed E-state index contributed by atoms with van der Waals surface area (Å²) in [7, 11) is -3.06. The molecule has 1 heterocycles. The van der Waals surface area contributed by atoms with Crippen LogP contribution < -0.4 is 20.1 Å². The molecular formula is C25H31N5O5S. The van der Waals surface area contributed by atoms with Crippen molar-refractivity contribution in [3.8, 4) is 16.9 Å². The number of nitrogens with one attached hydrogen (secondary N) is 3. The highest BCUT2D eigenvalue weighted by atomic mass is 32.2. The number of benzene rings is 2. The zero-order valence-electron chi connectivity index (χ0n) is 20.5. The van der Waals surface area contributed by atoms with Crippen molar-refractivity contribution in [2.75, 3.05) is 30.5 Å². The number of amides is 1. The maximum absolute atomic E-state index is 12.7. The summed E-state index contributed by atoms with van der Waals surface area (Å²) in [6.07, 6.45) is 0.899. The number of aromatic nitrogens is 2. The molecule has 11 heteroatoms. The molecule has 3 aromatic rings. The van der Waals surface area contributed by atoms with Crippen molar-refractivity contribution < 1.29 is 23.6 Å². The summed E-state index contributed by atoms with van der Waals surface area (Å²) in [5.41, 5.74) is 2.29. The van der Waals surface area contributed by atoms with E-state index < -0.39 is 15.8 Å². The van der Waals surface area contributed by atoms with Crippen molar-refractivity contribution in [2.24, 2.45) is 0 Å². The van der Waals surface area contributed by atoms with Crippen LogP contribution in [0.1, 0.15) is 20.8 Å². The van der Waals surface area contributed by atoms with Gasteiger partial charge in [-0.1, -0.05) is 12.1 Å². The van der Waals surface area contributed by atoms with Crippen molar-refractivity contribution >= 4 is 39.1 Å². The number of aliphatic hydroxyl groups excluding tert-OH is 1. The molecule has 2 aromatic carbocycles. The number of ether oxygens (including phenoxy) is 2. The van der Waals surface area contributed by atoms with Crippen LogP contribution in [0.4, 0.5) is 22.2 Å². The molecule has 0 fully saturated rings. The first-order valence-corrected chi connectivity index (χ1v) is 13.1. The van der Waals surface area contributed by atoms with E-state index in [0.717, 1.165) is 16.9 Å². The lowest BCUT2D eigenvalue weighted by Gasteiger charge is -2.17. The second-order valence-electron chi connectivity index (χ2n) is 7.79. The second kappa shape index (κ2) is 12.2. The number of carbonyl (C=O) groups is 1. The van der Waals surface area contributed by atoms with E-state index in [1.165, 1.54) is 0 Å². The van der Waals surface area contributed by atoms with Crippen LogP contribution in [0.15, 0.2) is 59.6 Å². The number of rotatable bonds is 11. The minimum absolute atomic E-state index is 0.0683. The number of anilines is 3. The Morgan fingerprint density at radius 2 is 1.81 bits per heavy atom. The van der Waals surface area contributed by atoms with Crippen LogP contribution in [-0.2, 0) is 14.4 Å². The normalized spacial score (nSPS) is 13.2. The van der Waals surface area contributed by atoms with Crippen LogP contribution in [-0.4, -0.2) is 57.1 Å². The van der Waals surface area contributed by atoms with E-state index in [1.54, 1.807) is 37.4 Å². The van der Waals surface area contributed by atoms with Crippen LogP contribution in [0.3, 0.4) is 0 Å². The van der Waals surface area contributed by atoms with Gasteiger partial charge < -0.3 is 25.2 Å². The van der Waals surface area contributed by atoms with Gasteiger partial charge in [0.25, 0.3) is 0 Å². The van der Waals surface area contributed by atoms with E-state index in [-0.39, 0.29) is 19.3 Å². The summed E-state index contributed by atoms with van der Waals surface area (Å²) < 4.78 is 25.3. The maximum atomic E-state index is 12.7. The molecular weight excluding hydrogens is 482 g/mol. The molecule has 0 aliphatic heterocycles. The highest BCUT2D eigenvalue weighted by Crippen LogP contribution is 2.29. The molecule has 0 saturated heterocycles. The fraction of sp³-hybridized carbons (Fsp3) is 0.280. The molecule has 192 valence electrons. The van der Waals surface area contributed by atoms with Crippen molar-refractivity contribution in [2.45, 2.75) is 31.7 Å². The molecule has 4 N–H and O–H groups in total. The zero-order valence-corrected chi connectivity index (χ0v) is 21.3. The van der Waals surface area contributed by atoms with E-state index in [1.807, 2.05) is 38.1 Å². The van der Waals surface area contributed by atoms with Crippen LogP contribution >= 0.6 is 0 Å². The standard InChI is InChI=1S/C25H31N5O5S/c1-5-34-20-11-7-18(8-12-20)22-15-26-24(29-23(22)27-17(3)16-31)28-19-9-13-21(14-10-19)36(4,33)30-25(32)35-6-2/h7-15,17,31H,4-6,16H2,1-3H3,(H,30,32,33)(H2,26,27,28,29)/t17-,36?/m1/s1. The van der Waals surface area contributed by atoms with Gasteiger partial charge in [0.1, 0.15) is 11.6 Å². The Kier molecular flexibility index (Phi) is 9.09. The van der Waals surface area contributed by atoms with Gasteiger partial charge in [0.15, 0.2) is 0 Å². The molecule has 1 unspecified atom stereocenters. The van der Waals surface area contributed by atoms with Crippen molar-refractivity contribution in [3.63, 3.8) is 0 Å². The first-order valence-electron chi connectivity index (χ1n) is 11.4. The van der Waals surface area contributed by atoms with Gasteiger partial charge in [-0.15, -0.1) is 0 Å².